The molecule has 1 N–H and O–H groups in total. The number of likely N-dealkylation sites (tertiary alicyclic amines) is 1. The van der Waals surface area contributed by atoms with Crippen LogP contribution in [0.15, 0.2) is 24.3 Å². The fourth-order valence-corrected chi connectivity index (χ4v) is 3.45. The lowest BCUT2D eigenvalue weighted by Gasteiger charge is -2.32. The van der Waals surface area contributed by atoms with E-state index in [9.17, 15) is 9.59 Å². The van der Waals surface area contributed by atoms with Crippen molar-refractivity contribution in [1.82, 2.24) is 4.90 Å². The molecular weight excluding hydrogens is 322 g/mol. The van der Waals surface area contributed by atoms with Gasteiger partial charge in [-0.2, -0.15) is 5.26 Å². The number of hydrogen-bond acceptors (Lipinski definition) is 5. The first-order valence-electron chi connectivity index (χ1n) is 8.47. The fraction of sp³-hybridized carbons (Fsp3) is 0.500. The molecule has 0 bridgehead atoms. The normalized spacial score (nSPS) is 21.8. The van der Waals surface area contributed by atoms with Crippen LogP contribution < -0.4 is 4.90 Å². The molecule has 1 atom stereocenters. The second kappa shape index (κ2) is 7.53. The average Bonchev–Trinajstić information content (AvgIpc) is 2.96. The Kier molecular flexibility index (Phi) is 5.19. The Hall–Kier alpha value is -2.59. The van der Waals surface area contributed by atoms with Gasteiger partial charge in [0.25, 0.3) is 0 Å². The number of carbonyl (C=O) groups is 2. The van der Waals surface area contributed by atoms with Crippen LogP contribution in [-0.2, 0) is 9.53 Å². The van der Waals surface area contributed by atoms with Gasteiger partial charge < -0.3 is 9.84 Å². The Morgan fingerprint density at radius 2 is 1.96 bits per heavy atom. The third-order valence-electron chi connectivity index (χ3n) is 4.81. The number of aliphatic carboxylic acids is 1. The van der Waals surface area contributed by atoms with Crippen molar-refractivity contribution in [3.63, 3.8) is 0 Å². The van der Waals surface area contributed by atoms with E-state index >= 15 is 0 Å². The van der Waals surface area contributed by atoms with Crippen molar-refractivity contribution >= 4 is 17.7 Å². The lowest BCUT2D eigenvalue weighted by atomic mass is 9.93. The summed E-state index contributed by atoms with van der Waals surface area (Å²) in [7, 11) is 0. The number of carbonyl (C=O) groups excluding carboxylic acids is 1. The van der Waals surface area contributed by atoms with Crippen molar-refractivity contribution in [2.75, 3.05) is 31.1 Å². The van der Waals surface area contributed by atoms with Gasteiger partial charge in [0.15, 0.2) is 0 Å². The molecule has 0 aliphatic carbocycles. The molecule has 1 aromatic rings. The summed E-state index contributed by atoms with van der Waals surface area (Å²) >= 11 is 0. The van der Waals surface area contributed by atoms with Crippen LogP contribution in [0.3, 0.4) is 0 Å². The number of hydrogen-bond donors (Lipinski definition) is 1. The first-order chi connectivity index (χ1) is 12.0. The number of rotatable bonds is 5. The molecule has 2 saturated heterocycles. The van der Waals surface area contributed by atoms with Crippen LogP contribution in [-0.4, -0.2) is 54.4 Å². The van der Waals surface area contributed by atoms with Gasteiger partial charge in [-0.15, -0.1) is 0 Å². The molecule has 7 nitrogen and oxygen atoms in total. The number of carboxylic acid groups (broad SMARTS) is 1. The Balaban J connectivity index is 1.51. The molecule has 2 aliphatic heterocycles. The van der Waals surface area contributed by atoms with E-state index in [-0.39, 0.29) is 24.5 Å². The SMILES string of the molecule is N#Cc1ccc(N2CC(CN3CCC(CC(=O)O)CC3)OC2=O)cc1. The second-order valence-corrected chi connectivity index (χ2v) is 6.62. The van der Waals surface area contributed by atoms with Gasteiger partial charge >= 0.3 is 12.1 Å². The molecule has 132 valence electrons. The predicted octanol–water partition coefficient (Wildman–Crippen LogP) is 2.07. The van der Waals surface area contributed by atoms with Gasteiger partial charge in [0, 0.05) is 18.7 Å². The van der Waals surface area contributed by atoms with Gasteiger partial charge in [-0.3, -0.25) is 14.6 Å². The van der Waals surface area contributed by atoms with E-state index in [0.29, 0.717) is 18.7 Å². The molecular formula is C18H21N3O4. The number of benzene rings is 1. The highest BCUT2D eigenvalue weighted by molar-refractivity contribution is 5.89. The van der Waals surface area contributed by atoms with Gasteiger partial charge in [-0.05, 0) is 56.1 Å². The Bertz CT molecular complexity index is 675. The molecule has 2 fully saturated rings. The molecule has 0 radical (unpaired) electrons. The summed E-state index contributed by atoms with van der Waals surface area (Å²) in [5, 5.41) is 17.7. The number of anilines is 1. The summed E-state index contributed by atoms with van der Waals surface area (Å²) in [5.41, 5.74) is 1.28. The average molecular weight is 343 g/mol. The van der Waals surface area contributed by atoms with Gasteiger partial charge in [0.05, 0.1) is 18.2 Å². The zero-order valence-electron chi connectivity index (χ0n) is 13.9. The highest BCUT2D eigenvalue weighted by Crippen LogP contribution is 2.25. The molecule has 3 rings (SSSR count). The smallest absolute Gasteiger partial charge is 0.414 e. The number of nitriles is 1. The van der Waals surface area contributed by atoms with E-state index < -0.39 is 5.97 Å². The molecule has 0 saturated carbocycles. The molecule has 0 spiro atoms. The van der Waals surface area contributed by atoms with Crippen molar-refractivity contribution in [2.24, 2.45) is 5.92 Å². The number of nitrogens with zero attached hydrogens (tertiary/aromatic N) is 3. The summed E-state index contributed by atoms with van der Waals surface area (Å²) in [6.07, 6.45) is 1.41. The van der Waals surface area contributed by atoms with Crippen LogP contribution in [0.4, 0.5) is 10.5 Å². The molecule has 1 aromatic carbocycles. The van der Waals surface area contributed by atoms with Crippen LogP contribution in [0.2, 0.25) is 0 Å². The quantitative estimate of drug-likeness (QED) is 0.879. The summed E-state index contributed by atoms with van der Waals surface area (Å²) in [6.45, 7) is 2.82. The molecule has 2 aliphatic rings. The summed E-state index contributed by atoms with van der Waals surface area (Å²) in [5.74, 6) is -0.490. The third-order valence-corrected chi connectivity index (χ3v) is 4.81. The van der Waals surface area contributed by atoms with Crippen LogP contribution in [0.5, 0.6) is 0 Å². The molecule has 1 amide bonds. The zero-order valence-corrected chi connectivity index (χ0v) is 13.9. The van der Waals surface area contributed by atoms with E-state index in [1.807, 2.05) is 0 Å². The standard InChI is InChI=1S/C18H21N3O4/c19-10-14-1-3-15(4-2-14)21-12-16(25-18(21)24)11-20-7-5-13(6-8-20)9-17(22)23/h1-4,13,16H,5-9,11-12H2,(H,22,23). The van der Waals surface area contributed by atoms with Crippen molar-refractivity contribution in [3.8, 4) is 6.07 Å². The maximum Gasteiger partial charge on any atom is 0.414 e. The van der Waals surface area contributed by atoms with Gasteiger partial charge in [-0.1, -0.05) is 0 Å². The number of amides is 1. The van der Waals surface area contributed by atoms with Crippen LogP contribution in [0.1, 0.15) is 24.8 Å². The molecule has 25 heavy (non-hydrogen) atoms. The molecule has 7 heteroatoms. The van der Waals surface area contributed by atoms with Gasteiger partial charge in [-0.25, -0.2) is 4.79 Å². The van der Waals surface area contributed by atoms with Gasteiger partial charge in [0.2, 0.25) is 0 Å². The summed E-state index contributed by atoms with van der Waals surface area (Å²) in [4.78, 5) is 26.7. The molecule has 1 unspecified atom stereocenters. The zero-order chi connectivity index (χ0) is 17.8. The van der Waals surface area contributed by atoms with Crippen molar-refractivity contribution < 1.29 is 19.4 Å². The first-order valence-corrected chi connectivity index (χ1v) is 8.47. The number of cyclic esters (lactones) is 1. The van der Waals surface area contributed by atoms with E-state index in [2.05, 4.69) is 11.0 Å². The topological polar surface area (TPSA) is 93.9 Å². The lowest BCUT2D eigenvalue weighted by Crippen LogP contribution is -2.40. The Morgan fingerprint density at radius 1 is 1.28 bits per heavy atom. The minimum Gasteiger partial charge on any atom is -0.481 e. The second-order valence-electron chi connectivity index (χ2n) is 6.62. The monoisotopic (exact) mass is 343 g/mol. The fourth-order valence-electron chi connectivity index (χ4n) is 3.45. The maximum atomic E-state index is 12.1. The van der Waals surface area contributed by atoms with E-state index in [4.69, 9.17) is 15.1 Å². The maximum absolute atomic E-state index is 12.1. The third kappa shape index (κ3) is 4.28. The number of carboxylic acids is 1. The van der Waals surface area contributed by atoms with Crippen LogP contribution >= 0.6 is 0 Å². The first kappa shape index (κ1) is 17.2. The van der Waals surface area contributed by atoms with E-state index in [1.165, 1.54) is 0 Å². The summed E-state index contributed by atoms with van der Waals surface area (Å²) < 4.78 is 5.47. The number of ether oxygens (including phenoxy) is 1. The largest absolute Gasteiger partial charge is 0.481 e. The lowest BCUT2D eigenvalue weighted by molar-refractivity contribution is -0.138. The summed E-state index contributed by atoms with van der Waals surface area (Å²) in [6, 6.07) is 8.92. The Labute approximate surface area is 146 Å². The molecule has 2 heterocycles. The van der Waals surface area contributed by atoms with Crippen molar-refractivity contribution in [3.05, 3.63) is 29.8 Å². The molecule has 0 aromatic heterocycles. The highest BCUT2D eigenvalue weighted by atomic mass is 16.6. The van der Waals surface area contributed by atoms with Gasteiger partial charge in [0.1, 0.15) is 6.10 Å². The highest BCUT2D eigenvalue weighted by Gasteiger charge is 2.34. The Morgan fingerprint density at radius 3 is 2.56 bits per heavy atom. The number of piperidine rings is 1. The van der Waals surface area contributed by atoms with Crippen LogP contribution in [0.25, 0.3) is 0 Å². The van der Waals surface area contributed by atoms with Crippen molar-refractivity contribution in [1.29, 1.82) is 5.26 Å². The minimum atomic E-state index is -0.735. The van der Waals surface area contributed by atoms with Crippen LogP contribution in [0, 0.1) is 17.2 Å². The van der Waals surface area contributed by atoms with Crippen molar-refractivity contribution in [2.45, 2.75) is 25.4 Å². The van der Waals surface area contributed by atoms with E-state index in [0.717, 1.165) is 31.6 Å². The predicted molar refractivity (Wildman–Crippen MR) is 90.2 cm³/mol. The van der Waals surface area contributed by atoms with E-state index in [1.54, 1.807) is 29.2 Å². The minimum absolute atomic E-state index is 0.195.